The van der Waals surface area contributed by atoms with Crippen molar-refractivity contribution in [1.29, 1.82) is 0 Å². The third kappa shape index (κ3) is 10.9. The van der Waals surface area contributed by atoms with Crippen molar-refractivity contribution >= 4 is 29.5 Å². The number of thioether (sulfide) groups is 1. The molecular formula is C20H24N2O5S. The van der Waals surface area contributed by atoms with Gasteiger partial charge in [-0.1, -0.05) is 36.4 Å². The molecule has 0 bridgehead atoms. The summed E-state index contributed by atoms with van der Waals surface area (Å²) in [4.78, 5) is 29.9. The van der Waals surface area contributed by atoms with Crippen LogP contribution in [0.1, 0.15) is 6.42 Å². The smallest absolute Gasteiger partial charge is 0.394 e. The van der Waals surface area contributed by atoms with Crippen molar-refractivity contribution in [2.75, 3.05) is 25.1 Å². The lowest BCUT2D eigenvalue weighted by atomic mass is 10.3. The average Bonchev–Trinajstić information content (AvgIpc) is 2.97. The molecule has 2 aromatic carbocycles. The summed E-state index contributed by atoms with van der Waals surface area (Å²) in [7, 11) is 1.26. The number of hydrogen-bond acceptors (Lipinski definition) is 5. The summed E-state index contributed by atoms with van der Waals surface area (Å²) in [5, 5.41) is 12.5. The van der Waals surface area contributed by atoms with Gasteiger partial charge in [0.2, 0.25) is 5.91 Å². The van der Waals surface area contributed by atoms with Crippen LogP contribution in [-0.2, 0) is 14.4 Å². The topological polar surface area (TPSA) is 105 Å². The number of para-hydroxylation sites is 2. The molecule has 2 aromatic rings. The Labute approximate surface area is 168 Å². The van der Waals surface area contributed by atoms with Gasteiger partial charge in [0.05, 0.1) is 5.75 Å². The van der Waals surface area contributed by atoms with Crippen molar-refractivity contribution in [1.82, 2.24) is 10.6 Å². The molecule has 8 heteroatoms. The number of ether oxygens (including phenoxy) is 1. The van der Waals surface area contributed by atoms with E-state index in [9.17, 15) is 14.4 Å². The molecule has 2 amide bonds. The van der Waals surface area contributed by atoms with Gasteiger partial charge in [-0.3, -0.25) is 9.59 Å². The molecule has 1 saturated heterocycles. The molecule has 0 saturated carbocycles. The van der Waals surface area contributed by atoms with Crippen LogP contribution in [0.2, 0.25) is 0 Å². The molecule has 0 aliphatic carbocycles. The molecule has 0 atom stereocenters. The SMILES string of the molecule is CNC(=O)C(=O)O.O=C1CSCCCN1.c1ccc(Oc2ccccc2)cc1. The molecule has 1 fully saturated rings. The minimum absolute atomic E-state index is 0.188. The molecule has 7 nitrogen and oxygen atoms in total. The van der Waals surface area contributed by atoms with Gasteiger partial charge in [0.25, 0.3) is 0 Å². The summed E-state index contributed by atoms with van der Waals surface area (Å²) in [5.74, 6) is 1.26. The van der Waals surface area contributed by atoms with E-state index in [-0.39, 0.29) is 5.91 Å². The second kappa shape index (κ2) is 14.1. The van der Waals surface area contributed by atoms with Crippen LogP contribution >= 0.6 is 11.8 Å². The fourth-order valence-electron chi connectivity index (χ4n) is 1.84. The maximum absolute atomic E-state index is 10.6. The van der Waals surface area contributed by atoms with Crippen LogP contribution in [0.3, 0.4) is 0 Å². The Bertz CT molecular complexity index is 678. The van der Waals surface area contributed by atoms with Crippen molar-refractivity contribution in [2.45, 2.75) is 6.42 Å². The van der Waals surface area contributed by atoms with E-state index < -0.39 is 11.9 Å². The molecule has 150 valence electrons. The molecule has 3 rings (SSSR count). The van der Waals surface area contributed by atoms with Gasteiger partial charge < -0.3 is 20.5 Å². The molecule has 0 spiro atoms. The fourth-order valence-corrected chi connectivity index (χ4v) is 2.62. The summed E-state index contributed by atoms with van der Waals surface area (Å²) in [5.41, 5.74) is 0. The maximum Gasteiger partial charge on any atom is 0.394 e. The Morgan fingerprint density at radius 2 is 1.57 bits per heavy atom. The van der Waals surface area contributed by atoms with Gasteiger partial charge in [0, 0.05) is 13.6 Å². The Morgan fingerprint density at radius 1 is 1.04 bits per heavy atom. The molecule has 0 unspecified atom stereocenters. The van der Waals surface area contributed by atoms with E-state index in [1.807, 2.05) is 66.0 Å². The lowest BCUT2D eigenvalue weighted by Gasteiger charge is -2.03. The van der Waals surface area contributed by atoms with Crippen LogP contribution < -0.4 is 15.4 Å². The molecule has 28 heavy (non-hydrogen) atoms. The number of aliphatic carboxylic acids is 1. The Hall–Kier alpha value is -3.00. The van der Waals surface area contributed by atoms with E-state index in [1.165, 1.54) is 7.05 Å². The molecule has 1 heterocycles. The number of rotatable bonds is 2. The first-order chi connectivity index (χ1) is 13.5. The standard InChI is InChI=1S/C12H10O.C5H9NOS.C3H5NO3/c1-3-7-11(8-4-1)13-12-9-5-2-6-10-12;7-5-4-8-3-1-2-6-5;1-4-2(5)3(6)7/h1-10H;1-4H2,(H,6,7);1H3,(H,4,5)(H,6,7). The van der Waals surface area contributed by atoms with E-state index in [1.54, 1.807) is 11.8 Å². The number of carbonyl (C=O) groups excluding carboxylic acids is 2. The van der Waals surface area contributed by atoms with Crippen molar-refractivity contribution in [3.63, 3.8) is 0 Å². The van der Waals surface area contributed by atoms with Gasteiger partial charge in [-0.25, -0.2) is 4.79 Å². The van der Waals surface area contributed by atoms with Crippen molar-refractivity contribution in [3.8, 4) is 11.5 Å². The van der Waals surface area contributed by atoms with E-state index in [2.05, 4.69) is 5.32 Å². The Balaban J connectivity index is 0.000000227. The third-order valence-corrected chi connectivity index (χ3v) is 4.21. The largest absolute Gasteiger partial charge is 0.474 e. The number of carbonyl (C=O) groups is 3. The van der Waals surface area contributed by atoms with Crippen molar-refractivity contribution in [3.05, 3.63) is 60.7 Å². The summed E-state index contributed by atoms with van der Waals surface area (Å²) in [6.07, 6.45) is 1.12. The van der Waals surface area contributed by atoms with Gasteiger partial charge in [-0.2, -0.15) is 11.8 Å². The zero-order chi connectivity index (χ0) is 20.6. The number of benzene rings is 2. The van der Waals surface area contributed by atoms with Gasteiger partial charge in [0.15, 0.2) is 0 Å². The number of carboxylic acids is 1. The maximum atomic E-state index is 10.6. The lowest BCUT2D eigenvalue weighted by Crippen LogP contribution is -2.26. The number of likely N-dealkylation sites (N-methyl/N-ethyl adjacent to an activating group) is 1. The zero-order valence-corrected chi connectivity index (χ0v) is 16.4. The molecule has 0 radical (unpaired) electrons. The lowest BCUT2D eigenvalue weighted by molar-refractivity contribution is -0.149. The highest BCUT2D eigenvalue weighted by Gasteiger charge is 2.05. The highest BCUT2D eigenvalue weighted by atomic mass is 32.2. The van der Waals surface area contributed by atoms with Crippen molar-refractivity contribution < 1.29 is 24.2 Å². The highest BCUT2D eigenvalue weighted by molar-refractivity contribution is 7.99. The average molecular weight is 404 g/mol. The summed E-state index contributed by atoms with van der Waals surface area (Å²) < 4.78 is 5.58. The van der Waals surface area contributed by atoms with Crippen molar-refractivity contribution in [2.24, 2.45) is 0 Å². The fraction of sp³-hybridized carbons (Fsp3) is 0.250. The van der Waals surface area contributed by atoms with Gasteiger partial charge in [-0.05, 0) is 36.4 Å². The predicted octanol–water partition coefficient (Wildman–Crippen LogP) is 2.54. The first-order valence-electron chi connectivity index (χ1n) is 8.60. The van der Waals surface area contributed by atoms with Crippen LogP contribution in [0.15, 0.2) is 60.7 Å². The van der Waals surface area contributed by atoms with Crippen LogP contribution in [0, 0.1) is 0 Å². The Kier molecular flexibility index (Phi) is 11.6. The first-order valence-corrected chi connectivity index (χ1v) is 9.75. The normalized spacial score (nSPS) is 12.5. The summed E-state index contributed by atoms with van der Waals surface area (Å²) in [6, 6.07) is 19.5. The van der Waals surface area contributed by atoms with Gasteiger partial charge in [0.1, 0.15) is 11.5 Å². The number of hydrogen-bond donors (Lipinski definition) is 3. The second-order valence-electron chi connectivity index (χ2n) is 5.37. The number of amides is 2. The van der Waals surface area contributed by atoms with Crippen LogP contribution in [0.4, 0.5) is 0 Å². The highest BCUT2D eigenvalue weighted by Crippen LogP contribution is 2.19. The number of carboxylic acid groups (broad SMARTS) is 1. The van der Waals surface area contributed by atoms with Crippen LogP contribution in [0.5, 0.6) is 11.5 Å². The molecular weight excluding hydrogens is 380 g/mol. The molecule has 1 aliphatic heterocycles. The third-order valence-electron chi connectivity index (χ3n) is 3.16. The summed E-state index contributed by atoms with van der Waals surface area (Å²) >= 11 is 1.71. The summed E-state index contributed by atoms with van der Waals surface area (Å²) in [6.45, 7) is 0.867. The monoisotopic (exact) mass is 404 g/mol. The molecule has 3 N–H and O–H groups in total. The Morgan fingerprint density at radius 3 is 2.00 bits per heavy atom. The minimum Gasteiger partial charge on any atom is -0.474 e. The van der Waals surface area contributed by atoms with E-state index in [4.69, 9.17) is 9.84 Å². The predicted molar refractivity (Wildman–Crippen MR) is 110 cm³/mol. The number of nitrogens with one attached hydrogen (secondary N) is 2. The van der Waals surface area contributed by atoms with E-state index in [0.717, 1.165) is 30.2 Å². The van der Waals surface area contributed by atoms with Gasteiger partial charge in [-0.15, -0.1) is 0 Å². The minimum atomic E-state index is -1.46. The second-order valence-corrected chi connectivity index (χ2v) is 6.47. The molecule has 0 aromatic heterocycles. The van der Waals surface area contributed by atoms with Crippen LogP contribution in [0.25, 0.3) is 0 Å². The van der Waals surface area contributed by atoms with E-state index >= 15 is 0 Å². The van der Waals surface area contributed by atoms with Gasteiger partial charge >= 0.3 is 11.9 Å². The molecule has 1 aliphatic rings. The van der Waals surface area contributed by atoms with E-state index in [0.29, 0.717) is 5.75 Å². The quantitative estimate of drug-likeness (QED) is 0.665. The zero-order valence-electron chi connectivity index (χ0n) is 15.6. The first kappa shape index (κ1) is 23.0. The van der Waals surface area contributed by atoms with Crippen LogP contribution in [-0.4, -0.2) is 48.0 Å².